The number of hydrogen-bond donors (Lipinski definition) is 3. The van der Waals surface area contributed by atoms with Crippen molar-refractivity contribution in [2.45, 2.75) is 25.1 Å². The first-order chi connectivity index (χ1) is 9.47. The first kappa shape index (κ1) is 14.6. The van der Waals surface area contributed by atoms with Gasteiger partial charge in [0.15, 0.2) is 0 Å². The van der Waals surface area contributed by atoms with Crippen molar-refractivity contribution in [3.05, 3.63) is 34.9 Å². The Bertz CT molecular complexity index is 506. The molecule has 1 aromatic carbocycles. The molecule has 2 atom stereocenters. The van der Waals surface area contributed by atoms with Crippen LogP contribution in [0.2, 0.25) is 5.02 Å². The van der Waals surface area contributed by atoms with E-state index in [4.69, 9.17) is 16.7 Å². The van der Waals surface area contributed by atoms with Crippen molar-refractivity contribution in [1.82, 2.24) is 10.2 Å². The van der Waals surface area contributed by atoms with Gasteiger partial charge in [0, 0.05) is 24.5 Å². The third-order valence-electron chi connectivity index (χ3n) is 3.18. The summed E-state index contributed by atoms with van der Waals surface area (Å²) in [4.78, 5) is 24.1. The quantitative estimate of drug-likeness (QED) is 0.778. The number of benzene rings is 1. The zero-order valence-corrected chi connectivity index (χ0v) is 11.4. The summed E-state index contributed by atoms with van der Waals surface area (Å²) in [5.41, 5.74) is 0.856. The van der Waals surface area contributed by atoms with Crippen molar-refractivity contribution in [1.29, 1.82) is 0 Å². The number of carboxylic acids is 1. The molecule has 2 amide bonds. The number of β-amino-alcohol motifs (C(OH)–C–C–N with tert-alkyl or cyclic N) is 1. The summed E-state index contributed by atoms with van der Waals surface area (Å²) < 4.78 is 0. The fourth-order valence-electron chi connectivity index (χ4n) is 2.15. The number of aliphatic carboxylic acids is 1. The minimum Gasteiger partial charge on any atom is -0.480 e. The summed E-state index contributed by atoms with van der Waals surface area (Å²) in [5.74, 6) is -1.11. The number of amides is 2. The van der Waals surface area contributed by atoms with Gasteiger partial charge in [-0.2, -0.15) is 0 Å². The fraction of sp³-hybridized carbons (Fsp3) is 0.385. The Hall–Kier alpha value is -1.79. The predicted molar refractivity (Wildman–Crippen MR) is 72.4 cm³/mol. The number of aliphatic hydroxyl groups excluding tert-OH is 1. The van der Waals surface area contributed by atoms with Gasteiger partial charge in [-0.15, -0.1) is 0 Å². The number of nitrogens with zero attached hydrogens (tertiary/aromatic N) is 1. The van der Waals surface area contributed by atoms with Gasteiger partial charge >= 0.3 is 12.0 Å². The predicted octanol–water partition coefficient (Wildman–Crippen LogP) is 1.07. The third-order valence-corrected chi connectivity index (χ3v) is 3.43. The van der Waals surface area contributed by atoms with Gasteiger partial charge < -0.3 is 20.4 Å². The van der Waals surface area contributed by atoms with Crippen LogP contribution in [-0.4, -0.2) is 45.8 Å². The van der Waals surface area contributed by atoms with Crippen LogP contribution in [0, 0.1) is 0 Å². The number of nitrogens with one attached hydrogen (secondary N) is 1. The SMILES string of the molecule is O=C(O)[C@@H]1C[C@H](O)CN1C(=O)NCc1ccc(Cl)cc1. The number of hydrogen-bond acceptors (Lipinski definition) is 3. The summed E-state index contributed by atoms with van der Waals surface area (Å²) in [6.07, 6.45) is -0.735. The average molecular weight is 299 g/mol. The lowest BCUT2D eigenvalue weighted by molar-refractivity contribution is -0.141. The van der Waals surface area contributed by atoms with E-state index in [1.165, 1.54) is 0 Å². The number of rotatable bonds is 3. The van der Waals surface area contributed by atoms with Gasteiger partial charge in [-0.25, -0.2) is 9.59 Å². The molecule has 0 radical (unpaired) electrons. The second-order valence-electron chi connectivity index (χ2n) is 4.68. The van der Waals surface area contributed by atoms with E-state index in [-0.39, 0.29) is 19.5 Å². The van der Waals surface area contributed by atoms with Crippen molar-refractivity contribution in [2.75, 3.05) is 6.54 Å². The molecule has 3 N–H and O–H groups in total. The summed E-state index contributed by atoms with van der Waals surface area (Å²) >= 11 is 5.76. The maximum Gasteiger partial charge on any atom is 0.326 e. The number of urea groups is 1. The largest absolute Gasteiger partial charge is 0.480 e. The number of carboxylic acid groups (broad SMARTS) is 1. The van der Waals surface area contributed by atoms with Gasteiger partial charge in [0.2, 0.25) is 0 Å². The van der Waals surface area contributed by atoms with Crippen LogP contribution in [0.25, 0.3) is 0 Å². The van der Waals surface area contributed by atoms with E-state index >= 15 is 0 Å². The summed E-state index contributed by atoms with van der Waals surface area (Å²) in [6.45, 7) is 0.304. The number of halogens is 1. The molecular weight excluding hydrogens is 284 g/mol. The van der Waals surface area contributed by atoms with Crippen LogP contribution >= 0.6 is 11.6 Å². The Balaban J connectivity index is 1.94. The van der Waals surface area contributed by atoms with Crippen LogP contribution in [0.5, 0.6) is 0 Å². The monoisotopic (exact) mass is 298 g/mol. The van der Waals surface area contributed by atoms with E-state index in [1.54, 1.807) is 24.3 Å². The number of likely N-dealkylation sites (tertiary alicyclic amines) is 1. The van der Waals surface area contributed by atoms with Gasteiger partial charge in [-0.3, -0.25) is 0 Å². The van der Waals surface area contributed by atoms with E-state index in [1.807, 2.05) is 0 Å². The van der Waals surface area contributed by atoms with E-state index < -0.39 is 24.1 Å². The molecule has 1 saturated heterocycles. The highest BCUT2D eigenvalue weighted by atomic mass is 35.5. The first-order valence-electron chi connectivity index (χ1n) is 6.17. The lowest BCUT2D eigenvalue weighted by Crippen LogP contribution is -2.45. The number of carbonyl (C=O) groups is 2. The molecule has 0 aromatic heterocycles. The van der Waals surface area contributed by atoms with Gasteiger partial charge in [0.1, 0.15) is 6.04 Å². The fourth-order valence-corrected chi connectivity index (χ4v) is 2.28. The topological polar surface area (TPSA) is 89.9 Å². The van der Waals surface area contributed by atoms with Gasteiger partial charge in [0.05, 0.1) is 6.10 Å². The Labute approximate surface area is 121 Å². The molecule has 0 spiro atoms. The molecule has 1 fully saturated rings. The molecule has 7 heteroatoms. The second kappa shape index (κ2) is 6.11. The van der Waals surface area contributed by atoms with Crippen LogP contribution in [0.4, 0.5) is 4.79 Å². The van der Waals surface area contributed by atoms with E-state index in [9.17, 15) is 14.7 Å². The maximum atomic E-state index is 12.0. The van der Waals surface area contributed by atoms with E-state index in [0.717, 1.165) is 10.5 Å². The summed E-state index contributed by atoms with van der Waals surface area (Å²) in [7, 11) is 0. The van der Waals surface area contributed by atoms with Gasteiger partial charge in [-0.1, -0.05) is 23.7 Å². The smallest absolute Gasteiger partial charge is 0.326 e. The lowest BCUT2D eigenvalue weighted by Gasteiger charge is -2.21. The van der Waals surface area contributed by atoms with Gasteiger partial charge in [0.25, 0.3) is 0 Å². The normalized spacial score (nSPS) is 21.8. The maximum absolute atomic E-state index is 12.0. The number of carbonyl (C=O) groups excluding carboxylic acids is 1. The minimum atomic E-state index is -1.11. The third kappa shape index (κ3) is 3.40. The molecular formula is C13H15ClN2O4. The molecule has 0 bridgehead atoms. The molecule has 0 unspecified atom stereocenters. The van der Waals surface area contributed by atoms with Crippen LogP contribution in [0.3, 0.4) is 0 Å². The standard InChI is InChI=1S/C13H15ClN2O4/c14-9-3-1-8(2-4-9)6-15-13(20)16-7-10(17)5-11(16)12(18)19/h1-4,10-11,17H,5-7H2,(H,15,20)(H,18,19)/t10-,11-/m0/s1. The minimum absolute atomic E-state index is 0.0312. The Morgan fingerprint density at radius 2 is 2.00 bits per heavy atom. The van der Waals surface area contributed by atoms with Gasteiger partial charge in [-0.05, 0) is 17.7 Å². The first-order valence-corrected chi connectivity index (χ1v) is 6.55. The summed E-state index contributed by atoms with van der Waals surface area (Å²) in [6, 6.07) is 5.50. The molecule has 20 heavy (non-hydrogen) atoms. The second-order valence-corrected chi connectivity index (χ2v) is 5.12. The average Bonchev–Trinajstić information content (AvgIpc) is 2.80. The Morgan fingerprint density at radius 1 is 1.35 bits per heavy atom. The zero-order chi connectivity index (χ0) is 14.7. The highest BCUT2D eigenvalue weighted by molar-refractivity contribution is 6.30. The Kier molecular flexibility index (Phi) is 4.46. The molecule has 6 nitrogen and oxygen atoms in total. The van der Waals surface area contributed by atoms with Crippen molar-refractivity contribution in [2.24, 2.45) is 0 Å². The lowest BCUT2D eigenvalue weighted by atomic mass is 10.2. The van der Waals surface area contributed by atoms with Crippen LogP contribution in [0.1, 0.15) is 12.0 Å². The Morgan fingerprint density at radius 3 is 2.60 bits per heavy atom. The zero-order valence-electron chi connectivity index (χ0n) is 10.6. The van der Waals surface area contributed by atoms with Crippen molar-refractivity contribution in [3.8, 4) is 0 Å². The molecule has 1 aromatic rings. The van der Waals surface area contributed by atoms with Crippen LogP contribution in [0.15, 0.2) is 24.3 Å². The highest BCUT2D eigenvalue weighted by Crippen LogP contribution is 2.18. The molecule has 0 saturated carbocycles. The highest BCUT2D eigenvalue weighted by Gasteiger charge is 2.38. The molecule has 108 valence electrons. The molecule has 1 heterocycles. The van der Waals surface area contributed by atoms with Crippen molar-refractivity contribution >= 4 is 23.6 Å². The van der Waals surface area contributed by atoms with Crippen molar-refractivity contribution in [3.63, 3.8) is 0 Å². The van der Waals surface area contributed by atoms with E-state index in [2.05, 4.69) is 5.32 Å². The molecule has 1 aliphatic rings. The van der Waals surface area contributed by atoms with E-state index in [0.29, 0.717) is 5.02 Å². The van der Waals surface area contributed by atoms with Crippen LogP contribution < -0.4 is 5.32 Å². The molecule has 0 aliphatic carbocycles. The molecule has 2 rings (SSSR count). The summed E-state index contributed by atoms with van der Waals surface area (Å²) in [5, 5.41) is 21.7. The van der Waals surface area contributed by atoms with Crippen LogP contribution in [-0.2, 0) is 11.3 Å². The van der Waals surface area contributed by atoms with Crippen molar-refractivity contribution < 1.29 is 19.8 Å². The molecule has 1 aliphatic heterocycles. The number of aliphatic hydroxyl groups is 1.